The van der Waals surface area contributed by atoms with Crippen molar-refractivity contribution in [1.29, 1.82) is 0 Å². The standard InChI is InChI=1S/C63H40N6/c1-4-18-41(19-5-1)43-34-36-45(37-35-43)62-64-61(44-22-8-3-9-23-44)65-63(66-62)69-56-32-17-31-55(68-54-30-15-12-26-49(54)50-39-38-46(40-58(50)68)42-20-6-2-7-21-42)59(56)51-27-16-33-57(60(51)69)67-52-28-13-10-24-47(52)48-25-11-14-29-53(48)67/h1-40H. The van der Waals surface area contributed by atoms with Crippen LogP contribution in [-0.2, 0) is 0 Å². The molecule has 0 fully saturated rings. The summed E-state index contributed by atoms with van der Waals surface area (Å²) in [5.74, 6) is 1.72. The highest BCUT2D eigenvalue weighted by Gasteiger charge is 2.25. The SMILES string of the molecule is c1ccc(-c2ccc(-c3nc(-c4ccccc4)nc(-n4c5cccc(-n6c7ccccc7c7ccc(-c8ccccc8)cc76)c5c5cccc(-n6c7ccccc7c7ccccc76)c54)n3)cc2)cc1. The largest absolute Gasteiger partial charge is 0.309 e. The molecule has 0 aliphatic heterocycles. The van der Waals surface area contributed by atoms with E-state index in [2.05, 4.69) is 232 Å². The second-order valence-electron chi connectivity index (χ2n) is 17.6. The highest BCUT2D eigenvalue weighted by Crippen LogP contribution is 2.44. The number of hydrogen-bond donors (Lipinski definition) is 0. The van der Waals surface area contributed by atoms with Crippen LogP contribution >= 0.6 is 0 Å². The Morgan fingerprint density at radius 1 is 0.246 bits per heavy atom. The smallest absolute Gasteiger partial charge is 0.238 e. The van der Waals surface area contributed by atoms with E-state index in [-0.39, 0.29) is 0 Å². The Hall–Kier alpha value is -9.39. The van der Waals surface area contributed by atoms with Crippen LogP contribution in [0.4, 0.5) is 0 Å². The van der Waals surface area contributed by atoms with E-state index in [1.165, 1.54) is 32.7 Å². The van der Waals surface area contributed by atoms with Crippen LogP contribution < -0.4 is 0 Å². The molecule has 6 heteroatoms. The van der Waals surface area contributed by atoms with E-state index < -0.39 is 0 Å². The summed E-state index contributed by atoms with van der Waals surface area (Å²) in [5, 5.41) is 6.97. The van der Waals surface area contributed by atoms with Gasteiger partial charge in [-0.15, -0.1) is 0 Å². The Labute approximate surface area is 397 Å². The molecule has 0 radical (unpaired) electrons. The molecule has 6 nitrogen and oxygen atoms in total. The minimum absolute atomic E-state index is 0.532. The highest BCUT2D eigenvalue weighted by atomic mass is 15.2. The normalized spacial score (nSPS) is 11.8. The molecule has 0 amide bonds. The van der Waals surface area contributed by atoms with Crippen molar-refractivity contribution in [1.82, 2.24) is 28.7 Å². The molecule has 0 N–H and O–H groups in total. The first kappa shape index (κ1) is 38.8. The van der Waals surface area contributed by atoms with E-state index in [0.29, 0.717) is 17.6 Å². The van der Waals surface area contributed by atoms with Crippen LogP contribution in [0.5, 0.6) is 0 Å². The summed E-state index contributed by atoms with van der Waals surface area (Å²) in [5.41, 5.74) is 15.0. The maximum atomic E-state index is 5.48. The van der Waals surface area contributed by atoms with Gasteiger partial charge in [-0.3, -0.25) is 4.57 Å². The van der Waals surface area contributed by atoms with Crippen molar-refractivity contribution in [3.8, 4) is 62.4 Å². The molecule has 0 unspecified atom stereocenters. The van der Waals surface area contributed by atoms with Gasteiger partial charge in [0.1, 0.15) is 0 Å². The summed E-state index contributed by atoms with van der Waals surface area (Å²) in [6.07, 6.45) is 0. The van der Waals surface area contributed by atoms with Crippen molar-refractivity contribution < 1.29 is 0 Å². The minimum atomic E-state index is 0.532. The fraction of sp³-hybridized carbons (Fsp3) is 0. The van der Waals surface area contributed by atoms with E-state index in [1.54, 1.807) is 0 Å². The fourth-order valence-electron chi connectivity index (χ4n) is 10.6. The lowest BCUT2D eigenvalue weighted by atomic mass is 10.0. The van der Waals surface area contributed by atoms with Crippen LogP contribution in [-0.4, -0.2) is 28.7 Å². The summed E-state index contributed by atoms with van der Waals surface area (Å²) < 4.78 is 7.16. The zero-order chi connectivity index (χ0) is 45.4. The third-order valence-electron chi connectivity index (χ3n) is 13.7. The number of para-hydroxylation sites is 4. The van der Waals surface area contributed by atoms with E-state index in [4.69, 9.17) is 15.0 Å². The van der Waals surface area contributed by atoms with Crippen LogP contribution in [0.2, 0.25) is 0 Å². The average Bonchev–Trinajstić information content (AvgIpc) is 4.07. The molecule has 0 aliphatic rings. The molecule has 14 aromatic rings. The van der Waals surface area contributed by atoms with Gasteiger partial charge in [-0.2, -0.15) is 9.97 Å². The fourth-order valence-corrected chi connectivity index (χ4v) is 10.6. The minimum Gasteiger partial charge on any atom is -0.309 e. The maximum Gasteiger partial charge on any atom is 0.238 e. The van der Waals surface area contributed by atoms with Crippen LogP contribution in [0, 0.1) is 0 Å². The van der Waals surface area contributed by atoms with Crippen molar-refractivity contribution in [3.05, 3.63) is 243 Å². The lowest BCUT2D eigenvalue weighted by molar-refractivity contribution is 0.949. The number of aromatic nitrogens is 6. The van der Waals surface area contributed by atoms with Crippen molar-refractivity contribution in [3.63, 3.8) is 0 Å². The third kappa shape index (κ3) is 6.16. The summed E-state index contributed by atoms with van der Waals surface area (Å²) in [4.78, 5) is 16.1. The summed E-state index contributed by atoms with van der Waals surface area (Å²) in [7, 11) is 0. The molecule has 69 heavy (non-hydrogen) atoms. The molecule has 0 aliphatic carbocycles. The average molecular weight is 881 g/mol. The zero-order valence-electron chi connectivity index (χ0n) is 37.3. The van der Waals surface area contributed by atoms with Crippen molar-refractivity contribution >= 4 is 65.4 Å². The van der Waals surface area contributed by atoms with Crippen molar-refractivity contribution in [2.75, 3.05) is 0 Å². The maximum absolute atomic E-state index is 5.48. The van der Waals surface area contributed by atoms with Gasteiger partial charge >= 0.3 is 0 Å². The van der Waals surface area contributed by atoms with E-state index in [9.17, 15) is 0 Å². The molecule has 322 valence electrons. The first-order valence-corrected chi connectivity index (χ1v) is 23.4. The van der Waals surface area contributed by atoms with E-state index >= 15 is 0 Å². The summed E-state index contributed by atoms with van der Waals surface area (Å²) in [6, 6.07) is 86.3. The molecule has 0 spiro atoms. The molecular formula is C63H40N6. The van der Waals surface area contributed by atoms with Crippen LogP contribution in [0.25, 0.3) is 128 Å². The van der Waals surface area contributed by atoms with Gasteiger partial charge in [0.15, 0.2) is 11.6 Å². The van der Waals surface area contributed by atoms with Gasteiger partial charge in [-0.25, -0.2) is 4.98 Å². The first-order chi connectivity index (χ1) is 34.2. The van der Waals surface area contributed by atoms with Gasteiger partial charge in [0.05, 0.1) is 44.5 Å². The number of benzene rings is 10. The van der Waals surface area contributed by atoms with Gasteiger partial charge in [0.2, 0.25) is 5.95 Å². The topological polar surface area (TPSA) is 53.5 Å². The summed E-state index contributed by atoms with van der Waals surface area (Å²) in [6.45, 7) is 0. The lowest BCUT2D eigenvalue weighted by Gasteiger charge is -2.15. The molecule has 0 saturated carbocycles. The van der Waals surface area contributed by atoms with Gasteiger partial charge in [0, 0.05) is 43.4 Å². The Balaban J connectivity index is 1.11. The number of rotatable bonds is 7. The number of nitrogens with zero attached hydrogens (tertiary/aromatic N) is 6. The predicted octanol–water partition coefficient (Wildman–Crippen LogP) is 15.8. The van der Waals surface area contributed by atoms with Crippen molar-refractivity contribution in [2.24, 2.45) is 0 Å². The summed E-state index contributed by atoms with van der Waals surface area (Å²) >= 11 is 0. The second-order valence-corrected chi connectivity index (χ2v) is 17.6. The third-order valence-corrected chi connectivity index (χ3v) is 13.7. The van der Waals surface area contributed by atoms with Crippen molar-refractivity contribution in [2.45, 2.75) is 0 Å². The Bertz CT molecular complexity index is 4230. The monoisotopic (exact) mass is 880 g/mol. The number of hydrogen-bond acceptors (Lipinski definition) is 3. The lowest BCUT2D eigenvalue weighted by Crippen LogP contribution is -2.08. The van der Waals surface area contributed by atoms with Gasteiger partial charge in [-0.05, 0) is 64.7 Å². The Morgan fingerprint density at radius 2 is 0.652 bits per heavy atom. The van der Waals surface area contributed by atoms with Crippen LogP contribution in [0.1, 0.15) is 0 Å². The Kier molecular flexibility index (Phi) is 8.79. The van der Waals surface area contributed by atoms with E-state index in [0.717, 1.165) is 77.5 Å². The van der Waals surface area contributed by atoms with Crippen LogP contribution in [0.15, 0.2) is 243 Å². The van der Waals surface area contributed by atoms with Gasteiger partial charge in [0.25, 0.3) is 0 Å². The molecule has 0 saturated heterocycles. The predicted molar refractivity (Wildman–Crippen MR) is 285 cm³/mol. The molecule has 4 aromatic heterocycles. The Morgan fingerprint density at radius 3 is 1.26 bits per heavy atom. The highest BCUT2D eigenvalue weighted by molar-refractivity contribution is 6.19. The number of fused-ring (bicyclic) bond motifs is 9. The molecule has 0 bridgehead atoms. The first-order valence-electron chi connectivity index (χ1n) is 23.4. The van der Waals surface area contributed by atoms with Gasteiger partial charge < -0.3 is 9.13 Å². The van der Waals surface area contributed by atoms with Gasteiger partial charge in [-0.1, -0.05) is 200 Å². The molecular weight excluding hydrogens is 841 g/mol. The molecule has 10 aromatic carbocycles. The molecule has 0 atom stereocenters. The zero-order valence-corrected chi connectivity index (χ0v) is 37.3. The molecule has 4 heterocycles. The van der Waals surface area contributed by atoms with Crippen LogP contribution in [0.3, 0.4) is 0 Å². The van der Waals surface area contributed by atoms with E-state index in [1.807, 2.05) is 24.3 Å². The quantitative estimate of drug-likeness (QED) is 0.160. The second kappa shape index (κ2) is 15.6. The molecule has 14 rings (SSSR count).